The lowest BCUT2D eigenvalue weighted by atomic mass is 10.1. The lowest BCUT2D eigenvalue weighted by Crippen LogP contribution is -2.59. The summed E-state index contributed by atoms with van der Waals surface area (Å²) in [5, 5.41) is 11.8. The van der Waals surface area contributed by atoms with E-state index in [9.17, 15) is 14.4 Å². The van der Waals surface area contributed by atoms with E-state index < -0.39 is 17.9 Å². The highest BCUT2D eigenvalue weighted by molar-refractivity contribution is 6.34. The first-order valence-corrected chi connectivity index (χ1v) is 6.35. The fraction of sp³-hybridized carbons (Fsp3) is 0.308. The Kier molecular flexibility index (Phi) is 3.94. The third-order valence-corrected chi connectivity index (χ3v) is 3.65. The second kappa shape index (κ2) is 5.50. The Morgan fingerprint density at radius 2 is 2.15 bits per heavy atom. The molecule has 1 atom stereocenters. The van der Waals surface area contributed by atoms with Gasteiger partial charge in [0.15, 0.2) is 0 Å². The van der Waals surface area contributed by atoms with E-state index in [4.69, 9.17) is 16.7 Å². The molecule has 2 amide bonds. The molecule has 106 valence electrons. The number of rotatable bonds is 2. The van der Waals surface area contributed by atoms with Crippen LogP contribution in [0.4, 0.5) is 0 Å². The predicted octanol–water partition coefficient (Wildman–Crippen LogP) is 0.674. The summed E-state index contributed by atoms with van der Waals surface area (Å²) in [5.41, 5.74) is 0.915. The summed E-state index contributed by atoms with van der Waals surface area (Å²) in [5.74, 6) is -2.11. The van der Waals surface area contributed by atoms with Gasteiger partial charge < -0.3 is 15.3 Å². The maximum Gasteiger partial charge on any atom is 0.328 e. The molecule has 0 bridgehead atoms. The molecule has 6 nitrogen and oxygen atoms in total. The third-order valence-electron chi connectivity index (χ3n) is 3.15. The van der Waals surface area contributed by atoms with Crippen LogP contribution in [-0.2, 0) is 9.59 Å². The second-order valence-corrected chi connectivity index (χ2v) is 4.91. The van der Waals surface area contributed by atoms with E-state index in [2.05, 4.69) is 5.32 Å². The quantitative estimate of drug-likeness (QED) is 0.840. The standard InChI is InChI=1S/C13H13ClN2O4/c1-7-3-2-4-8(11(7)14)12(18)16-6-10(17)15-5-9(16)13(19)20/h2-4,9H,5-6H2,1H3,(H,15,17)(H,19,20). The molecule has 1 aliphatic rings. The molecule has 1 aliphatic heterocycles. The van der Waals surface area contributed by atoms with Crippen LogP contribution in [0.5, 0.6) is 0 Å². The van der Waals surface area contributed by atoms with Crippen LogP contribution >= 0.6 is 11.6 Å². The Labute approximate surface area is 120 Å². The van der Waals surface area contributed by atoms with E-state index in [1.807, 2.05) is 0 Å². The van der Waals surface area contributed by atoms with Crippen molar-refractivity contribution < 1.29 is 19.5 Å². The molecule has 1 fully saturated rings. The van der Waals surface area contributed by atoms with Crippen molar-refractivity contribution in [2.75, 3.05) is 13.1 Å². The van der Waals surface area contributed by atoms with Crippen LogP contribution in [0.15, 0.2) is 18.2 Å². The molecular weight excluding hydrogens is 284 g/mol. The second-order valence-electron chi connectivity index (χ2n) is 4.53. The molecule has 1 heterocycles. The molecule has 7 heteroatoms. The van der Waals surface area contributed by atoms with Gasteiger partial charge in [-0.15, -0.1) is 0 Å². The summed E-state index contributed by atoms with van der Waals surface area (Å²) in [4.78, 5) is 36.0. The number of aryl methyl sites for hydroxylation is 1. The first kappa shape index (κ1) is 14.3. The van der Waals surface area contributed by atoms with Crippen LogP contribution < -0.4 is 5.32 Å². The summed E-state index contributed by atoms with van der Waals surface area (Å²) in [6.45, 7) is 1.35. The number of nitrogens with one attached hydrogen (secondary N) is 1. The summed E-state index contributed by atoms with van der Waals surface area (Å²) in [6, 6.07) is 3.84. The number of carbonyl (C=O) groups excluding carboxylic acids is 2. The van der Waals surface area contributed by atoms with Crippen molar-refractivity contribution >= 4 is 29.4 Å². The van der Waals surface area contributed by atoms with Gasteiger partial charge in [-0.25, -0.2) is 4.79 Å². The van der Waals surface area contributed by atoms with Crippen LogP contribution in [0.2, 0.25) is 5.02 Å². The van der Waals surface area contributed by atoms with Crippen LogP contribution in [-0.4, -0.2) is 46.9 Å². The number of hydrogen-bond acceptors (Lipinski definition) is 3. The SMILES string of the molecule is Cc1cccc(C(=O)N2CC(=O)NCC2C(=O)O)c1Cl. The Morgan fingerprint density at radius 1 is 1.45 bits per heavy atom. The third kappa shape index (κ3) is 2.60. The number of carboxylic acid groups (broad SMARTS) is 1. The molecule has 0 saturated carbocycles. The van der Waals surface area contributed by atoms with Crippen molar-refractivity contribution in [3.05, 3.63) is 34.3 Å². The van der Waals surface area contributed by atoms with Crippen molar-refractivity contribution in [1.82, 2.24) is 10.2 Å². The summed E-state index contributed by atoms with van der Waals surface area (Å²) in [7, 11) is 0. The number of benzene rings is 1. The highest BCUT2D eigenvalue weighted by Crippen LogP contribution is 2.23. The van der Waals surface area contributed by atoms with Gasteiger partial charge in [-0.2, -0.15) is 0 Å². The van der Waals surface area contributed by atoms with Gasteiger partial charge >= 0.3 is 5.97 Å². The van der Waals surface area contributed by atoms with E-state index in [-0.39, 0.29) is 29.6 Å². The highest BCUT2D eigenvalue weighted by atomic mass is 35.5. The summed E-state index contributed by atoms with van der Waals surface area (Å²) in [6.07, 6.45) is 0. The summed E-state index contributed by atoms with van der Waals surface area (Å²) >= 11 is 6.08. The zero-order valence-electron chi connectivity index (χ0n) is 10.7. The lowest BCUT2D eigenvalue weighted by molar-refractivity contribution is -0.144. The van der Waals surface area contributed by atoms with Crippen LogP contribution in [0.3, 0.4) is 0 Å². The van der Waals surface area contributed by atoms with Crippen LogP contribution in [0.25, 0.3) is 0 Å². The van der Waals surface area contributed by atoms with Gasteiger partial charge in [-0.1, -0.05) is 23.7 Å². The van der Waals surface area contributed by atoms with Crippen molar-refractivity contribution in [3.8, 4) is 0 Å². The number of piperazine rings is 1. The number of hydrogen-bond donors (Lipinski definition) is 2. The normalized spacial score (nSPS) is 18.6. The molecule has 0 aromatic heterocycles. The van der Waals surface area contributed by atoms with Crippen LogP contribution in [0, 0.1) is 6.92 Å². The zero-order chi connectivity index (χ0) is 14.9. The molecular formula is C13H13ClN2O4. The first-order valence-electron chi connectivity index (χ1n) is 5.97. The van der Waals surface area contributed by atoms with Crippen molar-refractivity contribution in [3.63, 3.8) is 0 Å². The van der Waals surface area contributed by atoms with E-state index in [0.29, 0.717) is 5.56 Å². The number of aliphatic carboxylic acids is 1. The van der Waals surface area contributed by atoms with Gasteiger partial charge in [0, 0.05) is 6.54 Å². The number of carbonyl (C=O) groups is 3. The average molecular weight is 297 g/mol. The molecule has 0 spiro atoms. The Balaban J connectivity index is 2.36. The average Bonchev–Trinajstić information content (AvgIpc) is 2.40. The maximum atomic E-state index is 12.4. The molecule has 1 aromatic carbocycles. The van der Waals surface area contributed by atoms with Crippen molar-refractivity contribution in [2.45, 2.75) is 13.0 Å². The van der Waals surface area contributed by atoms with E-state index in [1.165, 1.54) is 6.07 Å². The minimum Gasteiger partial charge on any atom is -0.480 e. The van der Waals surface area contributed by atoms with Gasteiger partial charge in [-0.3, -0.25) is 9.59 Å². The molecule has 0 radical (unpaired) electrons. The maximum absolute atomic E-state index is 12.4. The van der Waals surface area contributed by atoms with Gasteiger partial charge in [0.05, 0.1) is 10.6 Å². The smallest absolute Gasteiger partial charge is 0.328 e. The fourth-order valence-corrected chi connectivity index (χ4v) is 2.25. The number of halogens is 1. The monoisotopic (exact) mass is 296 g/mol. The highest BCUT2D eigenvalue weighted by Gasteiger charge is 2.36. The minimum atomic E-state index is -1.16. The van der Waals surface area contributed by atoms with Gasteiger partial charge in [0.25, 0.3) is 5.91 Å². The van der Waals surface area contributed by atoms with Gasteiger partial charge in [0.2, 0.25) is 5.91 Å². The Bertz CT molecular complexity index is 588. The Hall–Kier alpha value is -2.08. The van der Waals surface area contributed by atoms with E-state index >= 15 is 0 Å². The molecule has 0 aliphatic carbocycles. The molecule has 2 N–H and O–H groups in total. The minimum absolute atomic E-state index is 0.108. The van der Waals surface area contributed by atoms with Gasteiger partial charge in [0.1, 0.15) is 12.6 Å². The fourth-order valence-electron chi connectivity index (χ4n) is 2.04. The van der Waals surface area contributed by atoms with Gasteiger partial charge in [-0.05, 0) is 18.6 Å². The first-order chi connectivity index (χ1) is 9.41. The van der Waals surface area contributed by atoms with Crippen molar-refractivity contribution in [1.29, 1.82) is 0 Å². The van der Waals surface area contributed by atoms with E-state index in [1.54, 1.807) is 19.1 Å². The zero-order valence-corrected chi connectivity index (χ0v) is 11.5. The molecule has 20 heavy (non-hydrogen) atoms. The molecule has 2 rings (SSSR count). The number of nitrogens with zero attached hydrogens (tertiary/aromatic N) is 1. The largest absolute Gasteiger partial charge is 0.480 e. The molecule has 1 aromatic rings. The topological polar surface area (TPSA) is 86.7 Å². The molecule has 1 unspecified atom stereocenters. The number of carboxylic acids is 1. The lowest BCUT2D eigenvalue weighted by Gasteiger charge is -2.33. The predicted molar refractivity (Wildman–Crippen MR) is 71.7 cm³/mol. The van der Waals surface area contributed by atoms with E-state index in [0.717, 1.165) is 4.90 Å². The van der Waals surface area contributed by atoms with Crippen molar-refractivity contribution in [2.24, 2.45) is 0 Å². The van der Waals surface area contributed by atoms with Crippen LogP contribution in [0.1, 0.15) is 15.9 Å². The Morgan fingerprint density at radius 3 is 2.80 bits per heavy atom. The molecule has 1 saturated heterocycles. The summed E-state index contributed by atoms with van der Waals surface area (Å²) < 4.78 is 0. The number of amides is 2.